The van der Waals surface area contributed by atoms with Crippen LogP contribution in [0.5, 0.6) is 5.75 Å². The van der Waals surface area contributed by atoms with Crippen LogP contribution in [0, 0.1) is 0 Å². The predicted octanol–water partition coefficient (Wildman–Crippen LogP) is 2.79. The van der Waals surface area contributed by atoms with E-state index in [4.69, 9.17) is 4.74 Å². The Kier molecular flexibility index (Phi) is 7.68. The van der Waals surface area contributed by atoms with Gasteiger partial charge in [-0.1, -0.05) is 42.5 Å². The molecule has 26 heavy (non-hydrogen) atoms. The van der Waals surface area contributed by atoms with Crippen molar-refractivity contribution in [3.63, 3.8) is 0 Å². The van der Waals surface area contributed by atoms with Gasteiger partial charge in [-0.05, 0) is 29.7 Å². The normalized spacial score (nSPS) is 10.2. The first kappa shape index (κ1) is 19.5. The van der Waals surface area contributed by atoms with Crippen molar-refractivity contribution in [1.29, 1.82) is 0 Å². The summed E-state index contributed by atoms with van der Waals surface area (Å²) in [5.74, 6) is 0.773. The van der Waals surface area contributed by atoms with Crippen molar-refractivity contribution in [2.75, 3.05) is 20.2 Å². The largest absolute Gasteiger partial charge is 0.497 e. The maximum absolute atomic E-state index is 12.0. The number of ether oxygens (including phenoxy) is 1. The molecule has 0 aromatic heterocycles. The Morgan fingerprint density at radius 1 is 1.00 bits per heavy atom. The van der Waals surface area contributed by atoms with Crippen LogP contribution in [0.1, 0.15) is 24.5 Å². The molecule has 0 saturated carbocycles. The quantitative estimate of drug-likeness (QED) is 0.753. The summed E-state index contributed by atoms with van der Waals surface area (Å²) >= 11 is 0. The zero-order chi connectivity index (χ0) is 18.8. The number of hydrogen-bond acceptors (Lipinski definition) is 3. The van der Waals surface area contributed by atoms with Crippen LogP contribution < -0.4 is 10.1 Å². The van der Waals surface area contributed by atoms with Gasteiger partial charge < -0.3 is 15.0 Å². The van der Waals surface area contributed by atoms with Crippen LogP contribution in [0.15, 0.2) is 54.6 Å². The monoisotopic (exact) mass is 354 g/mol. The SMILES string of the molecule is COc1ccc(CN(CCNC(=O)CCc2ccccc2)C(C)=O)cc1. The van der Waals surface area contributed by atoms with Gasteiger partial charge >= 0.3 is 0 Å². The molecule has 2 aromatic rings. The molecule has 0 aliphatic carbocycles. The Morgan fingerprint density at radius 3 is 2.31 bits per heavy atom. The van der Waals surface area contributed by atoms with Crippen LogP contribution in [-0.2, 0) is 22.6 Å². The Bertz CT molecular complexity index is 699. The molecule has 0 aliphatic heterocycles. The summed E-state index contributed by atoms with van der Waals surface area (Å²) in [5.41, 5.74) is 2.17. The number of carbonyl (C=O) groups is 2. The molecule has 0 spiro atoms. The van der Waals surface area contributed by atoms with Gasteiger partial charge in [0.15, 0.2) is 0 Å². The second-order valence-electron chi connectivity index (χ2n) is 6.12. The van der Waals surface area contributed by atoms with Crippen molar-refractivity contribution in [2.45, 2.75) is 26.3 Å². The number of nitrogens with one attached hydrogen (secondary N) is 1. The minimum atomic E-state index is -0.0145. The lowest BCUT2D eigenvalue weighted by molar-refractivity contribution is -0.130. The summed E-state index contributed by atoms with van der Waals surface area (Å²) in [7, 11) is 1.62. The minimum Gasteiger partial charge on any atom is -0.497 e. The van der Waals surface area contributed by atoms with Gasteiger partial charge in [-0.15, -0.1) is 0 Å². The Hall–Kier alpha value is -2.82. The molecule has 2 amide bonds. The summed E-state index contributed by atoms with van der Waals surface area (Å²) in [4.78, 5) is 25.5. The van der Waals surface area contributed by atoms with Gasteiger partial charge in [-0.25, -0.2) is 0 Å². The highest BCUT2D eigenvalue weighted by molar-refractivity contribution is 5.76. The van der Waals surface area contributed by atoms with E-state index in [1.54, 1.807) is 18.9 Å². The van der Waals surface area contributed by atoms with E-state index < -0.39 is 0 Å². The van der Waals surface area contributed by atoms with E-state index in [9.17, 15) is 9.59 Å². The highest BCUT2D eigenvalue weighted by Gasteiger charge is 2.10. The smallest absolute Gasteiger partial charge is 0.220 e. The summed E-state index contributed by atoms with van der Waals surface area (Å²) in [6.07, 6.45) is 1.16. The van der Waals surface area contributed by atoms with Crippen molar-refractivity contribution >= 4 is 11.8 Å². The van der Waals surface area contributed by atoms with E-state index in [0.29, 0.717) is 26.1 Å². The standard InChI is InChI=1S/C21H26N2O3/c1-17(24)23(16-19-8-11-20(26-2)12-9-19)15-14-22-21(25)13-10-18-6-4-3-5-7-18/h3-9,11-12H,10,13-16H2,1-2H3,(H,22,25). The second-order valence-corrected chi connectivity index (χ2v) is 6.12. The summed E-state index contributed by atoms with van der Waals surface area (Å²) in [6.45, 7) is 2.99. The molecule has 5 nitrogen and oxygen atoms in total. The minimum absolute atomic E-state index is 0.00167. The molecule has 0 bridgehead atoms. The number of rotatable bonds is 9. The second kappa shape index (κ2) is 10.2. The maximum Gasteiger partial charge on any atom is 0.220 e. The average Bonchev–Trinajstić information content (AvgIpc) is 2.67. The molecule has 0 saturated heterocycles. The highest BCUT2D eigenvalue weighted by atomic mass is 16.5. The molecule has 0 atom stereocenters. The van der Waals surface area contributed by atoms with Gasteiger partial charge in [0.2, 0.25) is 11.8 Å². The van der Waals surface area contributed by atoms with Gasteiger partial charge in [0.05, 0.1) is 7.11 Å². The van der Waals surface area contributed by atoms with E-state index in [-0.39, 0.29) is 11.8 Å². The van der Waals surface area contributed by atoms with Gasteiger partial charge in [-0.3, -0.25) is 9.59 Å². The fourth-order valence-corrected chi connectivity index (χ4v) is 2.62. The summed E-state index contributed by atoms with van der Waals surface area (Å²) < 4.78 is 5.14. The highest BCUT2D eigenvalue weighted by Crippen LogP contribution is 2.13. The lowest BCUT2D eigenvalue weighted by Gasteiger charge is -2.21. The zero-order valence-electron chi connectivity index (χ0n) is 15.4. The molecule has 5 heteroatoms. The van der Waals surface area contributed by atoms with Crippen molar-refractivity contribution in [3.05, 3.63) is 65.7 Å². The van der Waals surface area contributed by atoms with Crippen LogP contribution in [0.3, 0.4) is 0 Å². The van der Waals surface area contributed by atoms with Crippen LogP contribution in [0.25, 0.3) is 0 Å². The third kappa shape index (κ3) is 6.59. The molecule has 0 radical (unpaired) electrons. The fourth-order valence-electron chi connectivity index (χ4n) is 2.62. The number of methoxy groups -OCH3 is 1. The molecule has 2 aromatic carbocycles. The molecule has 0 heterocycles. The topological polar surface area (TPSA) is 58.6 Å². The lowest BCUT2D eigenvalue weighted by Crippen LogP contribution is -2.37. The molecule has 138 valence electrons. The fraction of sp³-hybridized carbons (Fsp3) is 0.333. The van der Waals surface area contributed by atoms with Crippen molar-refractivity contribution in [3.8, 4) is 5.75 Å². The number of hydrogen-bond donors (Lipinski definition) is 1. The molecular weight excluding hydrogens is 328 g/mol. The van der Waals surface area contributed by atoms with E-state index >= 15 is 0 Å². The summed E-state index contributed by atoms with van der Waals surface area (Å²) in [5, 5.41) is 2.89. The molecule has 1 N–H and O–H groups in total. The van der Waals surface area contributed by atoms with Crippen molar-refractivity contribution in [2.24, 2.45) is 0 Å². The molecular formula is C21H26N2O3. The first-order valence-electron chi connectivity index (χ1n) is 8.77. The Morgan fingerprint density at radius 2 is 1.69 bits per heavy atom. The van der Waals surface area contributed by atoms with Crippen LogP contribution in [0.2, 0.25) is 0 Å². The lowest BCUT2D eigenvalue weighted by atomic mass is 10.1. The van der Waals surface area contributed by atoms with E-state index in [2.05, 4.69) is 5.32 Å². The number of carbonyl (C=O) groups excluding carboxylic acids is 2. The zero-order valence-corrected chi connectivity index (χ0v) is 15.4. The molecule has 0 fully saturated rings. The Balaban J connectivity index is 1.75. The van der Waals surface area contributed by atoms with E-state index in [0.717, 1.165) is 23.3 Å². The third-order valence-corrected chi connectivity index (χ3v) is 4.17. The Labute approximate surface area is 155 Å². The van der Waals surface area contributed by atoms with Gasteiger partial charge in [-0.2, -0.15) is 0 Å². The van der Waals surface area contributed by atoms with Crippen molar-refractivity contribution < 1.29 is 14.3 Å². The number of benzene rings is 2. The van der Waals surface area contributed by atoms with Gasteiger partial charge in [0, 0.05) is 33.0 Å². The maximum atomic E-state index is 12.0. The van der Waals surface area contributed by atoms with Gasteiger partial charge in [0.1, 0.15) is 5.75 Å². The van der Waals surface area contributed by atoms with E-state index in [1.807, 2.05) is 54.6 Å². The number of amides is 2. The number of aryl methyl sites for hydroxylation is 1. The third-order valence-electron chi connectivity index (χ3n) is 4.17. The van der Waals surface area contributed by atoms with Crippen LogP contribution >= 0.6 is 0 Å². The van der Waals surface area contributed by atoms with Crippen LogP contribution in [-0.4, -0.2) is 36.9 Å². The first-order chi connectivity index (χ1) is 12.6. The van der Waals surface area contributed by atoms with Crippen molar-refractivity contribution in [1.82, 2.24) is 10.2 Å². The summed E-state index contributed by atoms with van der Waals surface area (Å²) in [6, 6.07) is 17.6. The van der Waals surface area contributed by atoms with E-state index in [1.165, 1.54) is 0 Å². The molecule has 0 aliphatic rings. The number of nitrogens with zero attached hydrogens (tertiary/aromatic N) is 1. The predicted molar refractivity (Wildman–Crippen MR) is 102 cm³/mol. The van der Waals surface area contributed by atoms with Gasteiger partial charge in [0.25, 0.3) is 0 Å². The molecule has 0 unspecified atom stereocenters. The average molecular weight is 354 g/mol. The molecule has 2 rings (SSSR count). The first-order valence-corrected chi connectivity index (χ1v) is 8.77. The van der Waals surface area contributed by atoms with Crippen LogP contribution in [0.4, 0.5) is 0 Å².